The number of ether oxygens (including phenoxy) is 1. The summed E-state index contributed by atoms with van der Waals surface area (Å²) in [6.45, 7) is 8.83. The zero-order chi connectivity index (χ0) is 11.8. The summed E-state index contributed by atoms with van der Waals surface area (Å²) >= 11 is 1.70. The zero-order valence-electron chi connectivity index (χ0n) is 10.5. The molecule has 0 unspecified atom stereocenters. The lowest BCUT2D eigenvalue weighted by molar-refractivity contribution is 0.133. The van der Waals surface area contributed by atoms with E-state index >= 15 is 0 Å². The zero-order valence-corrected chi connectivity index (χ0v) is 11.3. The number of thiazole rings is 1. The number of rotatable bonds is 8. The van der Waals surface area contributed by atoms with Gasteiger partial charge < -0.3 is 10.1 Å². The highest BCUT2D eigenvalue weighted by atomic mass is 32.1. The Hall–Kier alpha value is -0.450. The van der Waals surface area contributed by atoms with Crippen LogP contribution in [0.1, 0.15) is 37.9 Å². The van der Waals surface area contributed by atoms with Crippen molar-refractivity contribution in [1.82, 2.24) is 10.3 Å². The van der Waals surface area contributed by atoms with Crippen molar-refractivity contribution in [3.63, 3.8) is 0 Å². The summed E-state index contributed by atoms with van der Waals surface area (Å²) < 4.78 is 5.33. The van der Waals surface area contributed by atoms with Crippen molar-refractivity contribution in [2.24, 2.45) is 0 Å². The molecule has 3 nitrogen and oxygen atoms in total. The van der Waals surface area contributed by atoms with E-state index in [0.717, 1.165) is 31.0 Å². The Kier molecular flexibility index (Phi) is 6.61. The molecular weight excluding hydrogens is 220 g/mol. The lowest BCUT2D eigenvalue weighted by Crippen LogP contribution is -2.23. The summed E-state index contributed by atoms with van der Waals surface area (Å²) in [7, 11) is 0. The standard InChI is InChI=1S/C12H22N2OS/c1-4-15-8-12-14-11(9-16-12)6-5-7-13-10(2)3/h9-10,13H,4-8H2,1-3H3. The molecule has 0 bridgehead atoms. The molecule has 92 valence electrons. The van der Waals surface area contributed by atoms with Gasteiger partial charge in [-0.3, -0.25) is 0 Å². The molecule has 0 saturated heterocycles. The van der Waals surface area contributed by atoms with Crippen molar-refractivity contribution in [2.75, 3.05) is 13.2 Å². The summed E-state index contributed by atoms with van der Waals surface area (Å²) in [5, 5.41) is 6.64. The van der Waals surface area contributed by atoms with Gasteiger partial charge in [0.1, 0.15) is 5.01 Å². The van der Waals surface area contributed by atoms with Crippen molar-refractivity contribution in [3.8, 4) is 0 Å². The first-order chi connectivity index (χ1) is 7.72. The van der Waals surface area contributed by atoms with Crippen LogP contribution in [0, 0.1) is 0 Å². The van der Waals surface area contributed by atoms with Crippen LogP contribution >= 0.6 is 11.3 Å². The van der Waals surface area contributed by atoms with Crippen LogP contribution in [-0.2, 0) is 17.8 Å². The van der Waals surface area contributed by atoms with Gasteiger partial charge in [-0.25, -0.2) is 4.98 Å². The van der Waals surface area contributed by atoms with E-state index in [0.29, 0.717) is 12.6 Å². The molecule has 1 aromatic heterocycles. The number of nitrogens with zero attached hydrogens (tertiary/aromatic N) is 1. The molecular formula is C12H22N2OS. The van der Waals surface area contributed by atoms with E-state index in [4.69, 9.17) is 4.74 Å². The Labute approximate surface area is 102 Å². The van der Waals surface area contributed by atoms with Crippen LogP contribution in [0.15, 0.2) is 5.38 Å². The largest absolute Gasteiger partial charge is 0.375 e. The van der Waals surface area contributed by atoms with Crippen LogP contribution < -0.4 is 5.32 Å². The first-order valence-electron chi connectivity index (χ1n) is 5.96. The fraction of sp³-hybridized carbons (Fsp3) is 0.750. The molecule has 0 aliphatic carbocycles. The van der Waals surface area contributed by atoms with Crippen molar-refractivity contribution >= 4 is 11.3 Å². The van der Waals surface area contributed by atoms with Crippen LogP contribution in [0.4, 0.5) is 0 Å². The minimum Gasteiger partial charge on any atom is -0.375 e. The quantitative estimate of drug-likeness (QED) is 0.712. The molecule has 0 aliphatic rings. The summed E-state index contributed by atoms with van der Waals surface area (Å²) in [6.07, 6.45) is 2.21. The summed E-state index contributed by atoms with van der Waals surface area (Å²) in [5.41, 5.74) is 1.20. The molecule has 0 amide bonds. The van der Waals surface area contributed by atoms with E-state index in [1.54, 1.807) is 11.3 Å². The Morgan fingerprint density at radius 1 is 1.50 bits per heavy atom. The normalized spacial score (nSPS) is 11.2. The first-order valence-corrected chi connectivity index (χ1v) is 6.84. The average molecular weight is 242 g/mol. The van der Waals surface area contributed by atoms with Gasteiger partial charge in [-0.2, -0.15) is 0 Å². The molecule has 0 aromatic carbocycles. The molecule has 0 saturated carbocycles. The average Bonchev–Trinajstić information content (AvgIpc) is 2.69. The number of aryl methyl sites for hydroxylation is 1. The molecule has 1 aromatic rings. The molecule has 1 heterocycles. The van der Waals surface area contributed by atoms with Crippen molar-refractivity contribution in [2.45, 2.75) is 46.3 Å². The maximum absolute atomic E-state index is 5.33. The predicted octanol–water partition coefficient (Wildman–Crippen LogP) is 2.61. The fourth-order valence-electron chi connectivity index (χ4n) is 1.38. The van der Waals surface area contributed by atoms with E-state index in [9.17, 15) is 0 Å². The van der Waals surface area contributed by atoms with Crippen molar-refractivity contribution < 1.29 is 4.74 Å². The SMILES string of the molecule is CCOCc1nc(CCCNC(C)C)cs1. The summed E-state index contributed by atoms with van der Waals surface area (Å²) in [5.74, 6) is 0. The van der Waals surface area contributed by atoms with E-state index in [1.807, 2.05) is 6.92 Å². The van der Waals surface area contributed by atoms with Crippen molar-refractivity contribution in [3.05, 3.63) is 16.1 Å². The third-order valence-electron chi connectivity index (χ3n) is 2.19. The Bertz CT molecular complexity index is 286. The van der Waals surface area contributed by atoms with E-state index in [-0.39, 0.29) is 0 Å². The van der Waals surface area contributed by atoms with Gasteiger partial charge in [0.25, 0.3) is 0 Å². The number of nitrogens with one attached hydrogen (secondary N) is 1. The first kappa shape index (κ1) is 13.6. The van der Waals surface area contributed by atoms with Crippen LogP contribution in [0.25, 0.3) is 0 Å². The second-order valence-electron chi connectivity index (χ2n) is 4.08. The van der Waals surface area contributed by atoms with E-state index in [1.165, 1.54) is 5.69 Å². The monoisotopic (exact) mass is 242 g/mol. The minimum absolute atomic E-state index is 0.573. The van der Waals surface area contributed by atoms with Crippen LogP contribution in [0.5, 0.6) is 0 Å². The lowest BCUT2D eigenvalue weighted by atomic mass is 10.2. The lowest BCUT2D eigenvalue weighted by Gasteiger charge is -2.06. The molecule has 0 fully saturated rings. The third-order valence-corrected chi connectivity index (χ3v) is 3.06. The van der Waals surface area contributed by atoms with Crippen LogP contribution in [-0.4, -0.2) is 24.2 Å². The second-order valence-corrected chi connectivity index (χ2v) is 5.02. The van der Waals surface area contributed by atoms with E-state index in [2.05, 4.69) is 29.5 Å². The van der Waals surface area contributed by atoms with Gasteiger partial charge in [-0.05, 0) is 26.3 Å². The highest BCUT2D eigenvalue weighted by molar-refractivity contribution is 7.09. The number of hydrogen-bond acceptors (Lipinski definition) is 4. The van der Waals surface area contributed by atoms with Gasteiger partial charge in [0.05, 0.1) is 12.3 Å². The maximum atomic E-state index is 5.33. The molecule has 1 N–H and O–H groups in total. The Morgan fingerprint density at radius 2 is 2.31 bits per heavy atom. The van der Waals surface area contributed by atoms with E-state index < -0.39 is 0 Å². The summed E-state index contributed by atoms with van der Waals surface area (Å²) in [6, 6.07) is 0.573. The Balaban J connectivity index is 2.19. The fourth-order valence-corrected chi connectivity index (χ4v) is 2.14. The Morgan fingerprint density at radius 3 is 3.00 bits per heavy atom. The molecule has 0 spiro atoms. The highest BCUT2D eigenvalue weighted by Crippen LogP contribution is 2.12. The topological polar surface area (TPSA) is 34.1 Å². The van der Waals surface area contributed by atoms with Gasteiger partial charge >= 0.3 is 0 Å². The van der Waals surface area contributed by atoms with Gasteiger partial charge in [0.2, 0.25) is 0 Å². The number of aromatic nitrogens is 1. The molecule has 4 heteroatoms. The molecule has 16 heavy (non-hydrogen) atoms. The van der Waals surface area contributed by atoms with Crippen LogP contribution in [0.3, 0.4) is 0 Å². The minimum atomic E-state index is 0.573. The maximum Gasteiger partial charge on any atom is 0.119 e. The van der Waals surface area contributed by atoms with Gasteiger partial charge in [-0.15, -0.1) is 11.3 Å². The second kappa shape index (κ2) is 7.76. The predicted molar refractivity (Wildman–Crippen MR) is 68.9 cm³/mol. The van der Waals surface area contributed by atoms with Crippen molar-refractivity contribution in [1.29, 1.82) is 0 Å². The third kappa shape index (κ3) is 5.58. The van der Waals surface area contributed by atoms with Gasteiger partial charge in [0.15, 0.2) is 0 Å². The molecule has 0 radical (unpaired) electrons. The molecule has 0 aliphatic heterocycles. The smallest absolute Gasteiger partial charge is 0.119 e. The molecule has 1 rings (SSSR count). The van der Waals surface area contributed by atoms with Gasteiger partial charge in [-0.1, -0.05) is 13.8 Å². The van der Waals surface area contributed by atoms with Gasteiger partial charge in [0, 0.05) is 18.0 Å². The molecule has 0 atom stereocenters. The number of hydrogen-bond donors (Lipinski definition) is 1. The van der Waals surface area contributed by atoms with Crippen LogP contribution in [0.2, 0.25) is 0 Å². The summed E-state index contributed by atoms with van der Waals surface area (Å²) in [4.78, 5) is 4.53. The highest BCUT2D eigenvalue weighted by Gasteiger charge is 2.02.